The summed E-state index contributed by atoms with van der Waals surface area (Å²) in [5.74, 6) is -1.18. The van der Waals surface area contributed by atoms with Crippen LogP contribution >= 0.6 is 11.3 Å². The zero-order chi connectivity index (χ0) is 19.9. The highest BCUT2D eigenvalue weighted by atomic mass is 32.1. The Labute approximate surface area is 163 Å². The van der Waals surface area contributed by atoms with E-state index >= 15 is 0 Å². The van der Waals surface area contributed by atoms with Crippen molar-refractivity contribution in [2.24, 2.45) is 0 Å². The highest BCUT2D eigenvalue weighted by Crippen LogP contribution is 2.26. The number of thiazole rings is 1. The lowest BCUT2D eigenvalue weighted by atomic mass is 10.2. The van der Waals surface area contributed by atoms with E-state index in [1.54, 1.807) is 18.2 Å². The summed E-state index contributed by atoms with van der Waals surface area (Å²) in [5.41, 5.74) is 0.928. The van der Waals surface area contributed by atoms with Crippen LogP contribution in [0.25, 0.3) is 6.08 Å². The molecule has 1 heterocycles. The van der Waals surface area contributed by atoms with Gasteiger partial charge < -0.3 is 4.74 Å². The molecule has 0 unspecified atom stereocenters. The summed E-state index contributed by atoms with van der Waals surface area (Å²) in [7, 11) is 0. The molecule has 0 aliphatic carbocycles. The van der Waals surface area contributed by atoms with Crippen LogP contribution in [0.1, 0.15) is 15.9 Å². The van der Waals surface area contributed by atoms with Crippen molar-refractivity contribution >= 4 is 39.4 Å². The normalized spacial score (nSPS) is 10.6. The minimum atomic E-state index is -0.644. The van der Waals surface area contributed by atoms with Gasteiger partial charge in [0.05, 0.1) is 10.5 Å². The van der Waals surface area contributed by atoms with Gasteiger partial charge in [-0.25, -0.2) is 9.78 Å². The number of esters is 1. The Morgan fingerprint density at radius 3 is 2.54 bits per heavy atom. The largest absolute Gasteiger partial charge is 0.423 e. The number of carbonyl (C=O) groups excluding carboxylic acids is 2. The SMILES string of the molecule is O=C(C=Cc1ccccc1)Oc1ccccc1C(=O)Nc1ncc([N+](=O)[O-])s1. The number of anilines is 1. The van der Waals surface area contributed by atoms with Crippen molar-refractivity contribution in [3.05, 3.63) is 88.1 Å². The summed E-state index contributed by atoms with van der Waals surface area (Å²) in [6.07, 6.45) is 3.91. The predicted octanol–water partition coefficient (Wildman–Crippen LogP) is 3.92. The Morgan fingerprint density at radius 1 is 1.11 bits per heavy atom. The predicted molar refractivity (Wildman–Crippen MR) is 104 cm³/mol. The number of rotatable bonds is 6. The van der Waals surface area contributed by atoms with Gasteiger partial charge >= 0.3 is 11.0 Å². The number of ether oxygens (including phenoxy) is 1. The minimum absolute atomic E-state index is 0.0637. The lowest BCUT2D eigenvalue weighted by Crippen LogP contribution is -2.15. The average Bonchev–Trinajstić information content (AvgIpc) is 3.16. The molecular weight excluding hydrogens is 382 g/mol. The highest BCUT2D eigenvalue weighted by Gasteiger charge is 2.18. The van der Waals surface area contributed by atoms with E-state index in [4.69, 9.17) is 4.74 Å². The van der Waals surface area contributed by atoms with E-state index in [0.29, 0.717) is 0 Å². The minimum Gasteiger partial charge on any atom is -0.423 e. The summed E-state index contributed by atoms with van der Waals surface area (Å²) in [6.45, 7) is 0. The van der Waals surface area contributed by atoms with Crippen LogP contribution in [0.15, 0.2) is 66.9 Å². The van der Waals surface area contributed by atoms with Crippen LogP contribution in [0.4, 0.5) is 10.1 Å². The van der Waals surface area contributed by atoms with E-state index < -0.39 is 16.8 Å². The molecule has 0 bridgehead atoms. The number of nitrogens with zero attached hydrogens (tertiary/aromatic N) is 2. The van der Waals surface area contributed by atoms with Gasteiger partial charge in [0, 0.05) is 6.08 Å². The molecule has 0 saturated carbocycles. The molecule has 0 aliphatic rings. The van der Waals surface area contributed by atoms with E-state index in [9.17, 15) is 19.7 Å². The zero-order valence-electron chi connectivity index (χ0n) is 14.3. The van der Waals surface area contributed by atoms with Crippen molar-refractivity contribution in [1.82, 2.24) is 4.98 Å². The molecule has 3 aromatic rings. The van der Waals surface area contributed by atoms with Gasteiger partial charge in [0.25, 0.3) is 5.91 Å². The third-order valence-corrected chi connectivity index (χ3v) is 4.31. The quantitative estimate of drug-likeness (QED) is 0.223. The van der Waals surface area contributed by atoms with Crippen LogP contribution in [0, 0.1) is 10.1 Å². The van der Waals surface area contributed by atoms with Crippen LogP contribution < -0.4 is 10.1 Å². The van der Waals surface area contributed by atoms with Crippen LogP contribution in [0.5, 0.6) is 5.75 Å². The van der Waals surface area contributed by atoms with Crippen molar-refractivity contribution in [2.75, 3.05) is 5.32 Å². The molecular formula is C19H13N3O5S. The van der Waals surface area contributed by atoms with Crippen LogP contribution in [-0.4, -0.2) is 21.8 Å². The molecule has 28 heavy (non-hydrogen) atoms. The van der Waals surface area contributed by atoms with Gasteiger partial charge in [-0.15, -0.1) is 0 Å². The van der Waals surface area contributed by atoms with E-state index in [1.807, 2.05) is 30.3 Å². The molecule has 0 aliphatic heterocycles. The molecule has 1 amide bonds. The van der Waals surface area contributed by atoms with Crippen molar-refractivity contribution in [3.63, 3.8) is 0 Å². The third-order valence-electron chi connectivity index (χ3n) is 3.45. The summed E-state index contributed by atoms with van der Waals surface area (Å²) in [6, 6.07) is 15.4. The average molecular weight is 395 g/mol. The van der Waals surface area contributed by atoms with Crippen LogP contribution in [-0.2, 0) is 4.79 Å². The monoisotopic (exact) mass is 395 g/mol. The van der Waals surface area contributed by atoms with Crippen molar-refractivity contribution < 1.29 is 19.2 Å². The van der Waals surface area contributed by atoms with Crippen LogP contribution in [0.3, 0.4) is 0 Å². The number of hydrogen-bond donors (Lipinski definition) is 1. The topological polar surface area (TPSA) is 111 Å². The molecule has 8 nitrogen and oxygen atoms in total. The van der Waals surface area contributed by atoms with E-state index in [2.05, 4.69) is 10.3 Å². The fourth-order valence-electron chi connectivity index (χ4n) is 2.19. The van der Waals surface area contributed by atoms with Gasteiger partial charge in [-0.3, -0.25) is 20.2 Å². The molecule has 0 fully saturated rings. The summed E-state index contributed by atoms with van der Waals surface area (Å²) in [5, 5.41) is 13.0. The maximum atomic E-state index is 12.5. The Morgan fingerprint density at radius 2 is 1.82 bits per heavy atom. The van der Waals surface area contributed by atoms with Crippen LogP contribution in [0.2, 0.25) is 0 Å². The second-order valence-electron chi connectivity index (χ2n) is 5.38. The molecule has 140 valence electrons. The number of nitro groups is 1. The molecule has 2 aromatic carbocycles. The highest BCUT2D eigenvalue weighted by molar-refractivity contribution is 7.18. The number of nitrogens with one attached hydrogen (secondary N) is 1. The standard InChI is InChI=1S/C19H13N3O5S/c23-17(11-10-13-6-2-1-3-7-13)27-15-9-5-4-8-14(15)18(24)21-19-20-12-16(28-19)22(25)26/h1-12H,(H,20,21,24). The second kappa shape index (κ2) is 8.69. The molecule has 9 heteroatoms. The Hall–Kier alpha value is -3.85. The first-order chi connectivity index (χ1) is 13.5. The van der Waals surface area contributed by atoms with Gasteiger partial charge in [-0.1, -0.05) is 42.5 Å². The van der Waals surface area contributed by atoms with Gasteiger partial charge in [-0.2, -0.15) is 0 Å². The number of para-hydroxylation sites is 1. The maximum Gasteiger partial charge on any atom is 0.345 e. The summed E-state index contributed by atoms with van der Waals surface area (Å²) < 4.78 is 5.26. The second-order valence-corrected chi connectivity index (χ2v) is 6.39. The lowest BCUT2D eigenvalue weighted by Gasteiger charge is -2.08. The first kappa shape index (κ1) is 18.9. The molecule has 0 atom stereocenters. The first-order valence-corrected chi connectivity index (χ1v) is 8.80. The molecule has 1 N–H and O–H groups in total. The zero-order valence-corrected chi connectivity index (χ0v) is 15.1. The Kier molecular flexibility index (Phi) is 5.87. The van der Waals surface area contributed by atoms with Crippen molar-refractivity contribution in [1.29, 1.82) is 0 Å². The number of amides is 1. The third kappa shape index (κ3) is 4.86. The lowest BCUT2D eigenvalue weighted by molar-refractivity contribution is -0.380. The first-order valence-electron chi connectivity index (χ1n) is 7.98. The molecule has 1 aromatic heterocycles. The summed E-state index contributed by atoms with van der Waals surface area (Å²) >= 11 is 0.728. The maximum absolute atomic E-state index is 12.5. The van der Waals surface area contributed by atoms with Gasteiger partial charge in [0.2, 0.25) is 0 Å². The fraction of sp³-hybridized carbons (Fsp3) is 0. The van der Waals surface area contributed by atoms with Crippen molar-refractivity contribution in [2.45, 2.75) is 0 Å². The molecule has 0 spiro atoms. The molecule has 0 radical (unpaired) electrons. The number of benzene rings is 2. The van der Waals surface area contributed by atoms with Crippen molar-refractivity contribution in [3.8, 4) is 5.75 Å². The fourth-order valence-corrected chi connectivity index (χ4v) is 2.81. The Balaban J connectivity index is 1.71. The molecule has 0 saturated heterocycles. The van der Waals surface area contributed by atoms with E-state index in [1.165, 1.54) is 18.2 Å². The number of carbonyl (C=O) groups is 2. The van der Waals surface area contributed by atoms with E-state index in [-0.39, 0.29) is 21.4 Å². The van der Waals surface area contributed by atoms with Gasteiger partial charge in [0.1, 0.15) is 11.9 Å². The van der Waals surface area contributed by atoms with Gasteiger partial charge in [0.15, 0.2) is 5.13 Å². The van der Waals surface area contributed by atoms with E-state index in [0.717, 1.165) is 23.1 Å². The smallest absolute Gasteiger partial charge is 0.345 e. The van der Waals surface area contributed by atoms with Gasteiger partial charge in [-0.05, 0) is 35.1 Å². The summed E-state index contributed by atoms with van der Waals surface area (Å²) in [4.78, 5) is 38.4. The number of aromatic nitrogens is 1. The Bertz CT molecular complexity index is 1050. The number of hydrogen-bond acceptors (Lipinski definition) is 7. The molecule has 3 rings (SSSR count).